The standard InChI is InChI=1S/C24H25F2NO3/c25-21-10-9-17(11-22(21)26)12-23(28)18-13-19-7-4-8-20(14-18)27(19)24(29)30-15-16-5-2-1-3-6-16/h1-3,5-6,9-11,18-20H,4,7-8,12-15H2. The third-order valence-electron chi connectivity index (χ3n) is 6.21. The van der Waals surface area contributed by atoms with E-state index in [-0.39, 0.29) is 42.9 Å². The molecule has 2 fully saturated rings. The predicted octanol–water partition coefficient (Wildman–Crippen LogP) is 5.05. The maximum atomic E-state index is 13.5. The molecular formula is C24H25F2NO3. The number of carbonyl (C=O) groups excluding carboxylic acids is 2. The van der Waals surface area contributed by atoms with E-state index in [0.717, 1.165) is 37.0 Å². The van der Waals surface area contributed by atoms with Gasteiger partial charge < -0.3 is 9.64 Å². The lowest BCUT2D eigenvalue weighted by Gasteiger charge is -2.47. The fraction of sp³-hybridized carbons (Fsp3) is 0.417. The normalized spacial score (nSPS) is 23.1. The smallest absolute Gasteiger partial charge is 0.410 e. The van der Waals surface area contributed by atoms with Crippen LogP contribution in [0.2, 0.25) is 0 Å². The number of amides is 1. The van der Waals surface area contributed by atoms with Crippen LogP contribution in [-0.2, 0) is 22.6 Å². The minimum Gasteiger partial charge on any atom is -0.445 e. The van der Waals surface area contributed by atoms with Crippen molar-refractivity contribution in [2.45, 2.75) is 57.2 Å². The summed E-state index contributed by atoms with van der Waals surface area (Å²) >= 11 is 0. The van der Waals surface area contributed by atoms with E-state index < -0.39 is 11.6 Å². The minimum atomic E-state index is -0.937. The highest BCUT2D eigenvalue weighted by atomic mass is 19.2. The lowest BCUT2D eigenvalue weighted by Crippen LogP contribution is -2.55. The largest absolute Gasteiger partial charge is 0.445 e. The number of Topliss-reactive ketones (excluding diaryl/α,β-unsaturated/α-hetero) is 1. The van der Waals surface area contributed by atoms with Crippen molar-refractivity contribution in [3.05, 3.63) is 71.3 Å². The number of benzene rings is 2. The molecule has 6 heteroatoms. The Morgan fingerprint density at radius 2 is 1.63 bits per heavy atom. The third-order valence-corrected chi connectivity index (χ3v) is 6.21. The number of hydrogen-bond acceptors (Lipinski definition) is 3. The Balaban J connectivity index is 1.38. The van der Waals surface area contributed by atoms with Crippen molar-refractivity contribution in [1.82, 2.24) is 4.90 Å². The third kappa shape index (κ3) is 4.53. The summed E-state index contributed by atoms with van der Waals surface area (Å²) in [5.74, 6) is -2.00. The van der Waals surface area contributed by atoms with Crippen LogP contribution in [0.25, 0.3) is 0 Å². The molecule has 0 aromatic heterocycles. The van der Waals surface area contributed by atoms with Gasteiger partial charge in [0.1, 0.15) is 12.4 Å². The Morgan fingerprint density at radius 3 is 2.30 bits per heavy atom. The van der Waals surface area contributed by atoms with Crippen LogP contribution < -0.4 is 0 Å². The Kier molecular flexibility index (Phi) is 6.11. The number of nitrogens with zero attached hydrogens (tertiary/aromatic N) is 1. The average molecular weight is 413 g/mol. The van der Waals surface area contributed by atoms with Gasteiger partial charge in [-0.3, -0.25) is 4.79 Å². The van der Waals surface area contributed by atoms with Crippen molar-refractivity contribution in [2.75, 3.05) is 0 Å². The van der Waals surface area contributed by atoms with Gasteiger partial charge >= 0.3 is 6.09 Å². The Labute approximate surface area is 174 Å². The number of carbonyl (C=O) groups is 2. The molecule has 2 atom stereocenters. The van der Waals surface area contributed by atoms with Gasteiger partial charge in [-0.05, 0) is 55.4 Å². The zero-order valence-electron chi connectivity index (χ0n) is 16.7. The molecule has 2 heterocycles. The number of rotatable bonds is 5. The van der Waals surface area contributed by atoms with E-state index in [9.17, 15) is 18.4 Å². The molecule has 2 unspecified atom stereocenters. The van der Waals surface area contributed by atoms with Crippen molar-refractivity contribution >= 4 is 11.9 Å². The molecule has 2 aliphatic heterocycles. The molecule has 0 radical (unpaired) electrons. The van der Waals surface area contributed by atoms with Crippen LogP contribution in [0.3, 0.4) is 0 Å². The first kappa shape index (κ1) is 20.5. The molecule has 0 aliphatic carbocycles. The predicted molar refractivity (Wildman–Crippen MR) is 108 cm³/mol. The van der Waals surface area contributed by atoms with Crippen LogP contribution in [0.5, 0.6) is 0 Å². The maximum absolute atomic E-state index is 13.5. The van der Waals surface area contributed by atoms with Gasteiger partial charge in [-0.15, -0.1) is 0 Å². The van der Waals surface area contributed by atoms with E-state index in [1.165, 1.54) is 6.07 Å². The van der Waals surface area contributed by atoms with Crippen molar-refractivity contribution in [3.63, 3.8) is 0 Å². The average Bonchev–Trinajstić information content (AvgIpc) is 2.74. The molecule has 2 bridgehead atoms. The van der Waals surface area contributed by atoms with Crippen LogP contribution in [0.4, 0.5) is 13.6 Å². The van der Waals surface area contributed by atoms with Gasteiger partial charge in [0.05, 0.1) is 0 Å². The van der Waals surface area contributed by atoms with E-state index in [1.807, 2.05) is 35.2 Å². The lowest BCUT2D eigenvalue weighted by molar-refractivity contribution is -0.126. The summed E-state index contributed by atoms with van der Waals surface area (Å²) in [5, 5.41) is 0. The van der Waals surface area contributed by atoms with Crippen molar-refractivity contribution in [1.29, 1.82) is 0 Å². The highest BCUT2D eigenvalue weighted by molar-refractivity contribution is 5.84. The van der Waals surface area contributed by atoms with Crippen LogP contribution >= 0.6 is 0 Å². The fourth-order valence-corrected chi connectivity index (χ4v) is 4.73. The van der Waals surface area contributed by atoms with Gasteiger partial charge in [0.15, 0.2) is 11.6 Å². The van der Waals surface area contributed by atoms with E-state index in [4.69, 9.17) is 4.74 Å². The maximum Gasteiger partial charge on any atom is 0.410 e. The molecule has 1 amide bonds. The quantitative estimate of drug-likeness (QED) is 0.689. The highest BCUT2D eigenvalue weighted by Gasteiger charge is 2.43. The first-order chi connectivity index (χ1) is 14.5. The topological polar surface area (TPSA) is 46.6 Å². The van der Waals surface area contributed by atoms with E-state index in [0.29, 0.717) is 18.4 Å². The van der Waals surface area contributed by atoms with Gasteiger partial charge in [-0.1, -0.05) is 36.4 Å². The summed E-state index contributed by atoms with van der Waals surface area (Å²) in [4.78, 5) is 27.4. The molecule has 2 saturated heterocycles. The molecule has 0 N–H and O–H groups in total. The number of ketones is 1. The molecule has 2 aromatic rings. The summed E-state index contributed by atoms with van der Waals surface area (Å²) in [6.07, 6.45) is 3.69. The second kappa shape index (κ2) is 8.94. The molecule has 0 saturated carbocycles. The molecular weight excluding hydrogens is 388 g/mol. The SMILES string of the molecule is O=C(Cc1ccc(F)c(F)c1)C1CC2CCCC(C1)N2C(=O)OCc1ccccc1. The lowest BCUT2D eigenvalue weighted by atomic mass is 9.76. The first-order valence-electron chi connectivity index (χ1n) is 10.5. The molecule has 4 rings (SSSR count). The zero-order chi connectivity index (χ0) is 21.1. The number of hydrogen-bond donors (Lipinski definition) is 0. The molecule has 2 aliphatic rings. The summed E-state index contributed by atoms with van der Waals surface area (Å²) in [7, 11) is 0. The Morgan fingerprint density at radius 1 is 0.933 bits per heavy atom. The second-order valence-corrected chi connectivity index (χ2v) is 8.25. The first-order valence-corrected chi connectivity index (χ1v) is 10.5. The van der Waals surface area contributed by atoms with Gasteiger partial charge in [-0.2, -0.15) is 0 Å². The molecule has 0 spiro atoms. The van der Waals surface area contributed by atoms with E-state index in [2.05, 4.69) is 0 Å². The van der Waals surface area contributed by atoms with E-state index >= 15 is 0 Å². The van der Waals surface area contributed by atoms with Crippen molar-refractivity contribution in [2.24, 2.45) is 5.92 Å². The van der Waals surface area contributed by atoms with E-state index in [1.54, 1.807) is 0 Å². The summed E-state index contributed by atoms with van der Waals surface area (Å²) in [5.41, 5.74) is 1.42. The van der Waals surface area contributed by atoms with Crippen LogP contribution in [0, 0.1) is 17.6 Å². The van der Waals surface area contributed by atoms with Crippen LogP contribution in [0.15, 0.2) is 48.5 Å². The van der Waals surface area contributed by atoms with Gasteiger partial charge in [0.25, 0.3) is 0 Å². The minimum absolute atomic E-state index is 0.0142. The summed E-state index contributed by atoms with van der Waals surface area (Å²) < 4.78 is 32.1. The highest BCUT2D eigenvalue weighted by Crippen LogP contribution is 2.38. The fourth-order valence-electron chi connectivity index (χ4n) is 4.73. The number of fused-ring (bicyclic) bond motifs is 2. The monoisotopic (exact) mass is 413 g/mol. The van der Waals surface area contributed by atoms with Crippen molar-refractivity contribution < 1.29 is 23.1 Å². The Hall–Kier alpha value is -2.76. The van der Waals surface area contributed by atoms with Crippen LogP contribution in [-0.4, -0.2) is 28.9 Å². The summed E-state index contributed by atoms with van der Waals surface area (Å²) in [6, 6.07) is 13.1. The van der Waals surface area contributed by atoms with Crippen LogP contribution in [0.1, 0.15) is 43.2 Å². The van der Waals surface area contributed by atoms with Crippen molar-refractivity contribution in [3.8, 4) is 0 Å². The second-order valence-electron chi connectivity index (χ2n) is 8.25. The number of ether oxygens (including phenoxy) is 1. The number of halogens is 2. The molecule has 4 nitrogen and oxygen atoms in total. The van der Waals surface area contributed by atoms with Gasteiger partial charge in [-0.25, -0.2) is 13.6 Å². The zero-order valence-corrected chi connectivity index (χ0v) is 16.7. The Bertz CT molecular complexity index is 904. The molecule has 30 heavy (non-hydrogen) atoms. The van der Waals surface area contributed by atoms with Gasteiger partial charge in [0.2, 0.25) is 0 Å². The molecule has 158 valence electrons. The number of piperidine rings is 2. The molecule has 2 aromatic carbocycles. The van der Waals surface area contributed by atoms with Gasteiger partial charge in [0, 0.05) is 24.4 Å². The summed E-state index contributed by atoms with van der Waals surface area (Å²) in [6.45, 7) is 0.230.